The van der Waals surface area contributed by atoms with E-state index in [0.29, 0.717) is 27.7 Å². The van der Waals surface area contributed by atoms with E-state index in [9.17, 15) is 14.0 Å². The van der Waals surface area contributed by atoms with E-state index in [1.54, 1.807) is 31.2 Å². The van der Waals surface area contributed by atoms with Gasteiger partial charge in [0.15, 0.2) is 11.6 Å². The number of benzene rings is 2. The molecule has 26 heavy (non-hydrogen) atoms. The van der Waals surface area contributed by atoms with E-state index in [1.165, 1.54) is 30.9 Å². The van der Waals surface area contributed by atoms with Crippen molar-refractivity contribution < 1.29 is 23.5 Å². The van der Waals surface area contributed by atoms with Gasteiger partial charge in [-0.2, -0.15) is 0 Å². The summed E-state index contributed by atoms with van der Waals surface area (Å²) in [4.78, 5) is 24.8. The van der Waals surface area contributed by atoms with Gasteiger partial charge in [0.05, 0.1) is 26.2 Å². The van der Waals surface area contributed by atoms with Crippen LogP contribution >= 0.6 is 0 Å². The Morgan fingerprint density at radius 1 is 1.12 bits per heavy atom. The molecule has 5 nitrogen and oxygen atoms in total. The summed E-state index contributed by atoms with van der Waals surface area (Å²) >= 11 is 0. The van der Waals surface area contributed by atoms with E-state index in [0.717, 1.165) is 0 Å². The molecular formula is C20H18FNO4. The van der Waals surface area contributed by atoms with E-state index in [-0.39, 0.29) is 18.1 Å². The van der Waals surface area contributed by atoms with Crippen LogP contribution in [0.5, 0.6) is 5.75 Å². The lowest BCUT2D eigenvalue weighted by molar-refractivity contribution is -0.139. The number of ether oxygens (including phenoxy) is 2. The van der Waals surface area contributed by atoms with Crippen LogP contribution in [0.15, 0.2) is 42.5 Å². The first-order chi connectivity index (χ1) is 12.5. The molecule has 134 valence electrons. The topological polar surface area (TPSA) is 57.5 Å². The standard InChI is InChI=1S/C20H18FNO4/c1-12-14(10-19(23)26-3)15-9-18(25-2)16(21)11-17(15)22(12)20(24)13-7-5-4-6-8-13/h4-9,11H,10H2,1-3H3. The zero-order chi connectivity index (χ0) is 18.8. The molecule has 0 spiro atoms. The summed E-state index contributed by atoms with van der Waals surface area (Å²) in [5.74, 6) is -1.27. The van der Waals surface area contributed by atoms with Crippen LogP contribution in [0.3, 0.4) is 0 Å². The Hall–Kier alpha value is -3.15. The summed E-state index contributed by atoms with van der Waals surface area (Å²) in [6.45, 7) is 1.73. The summed E-state index contributed by atoms with van der Waals surface area (Å²) in [5.41, 5.74) is 2.02. The first-order valence-electron chi connectivity index (χ1n) is 8.02. The van der Waals surface area contributed by atoms with Crippen molar-refractivity contribution in [2.24, 2.45) is 0 Å². The van der Waals surface area contributed by atoms with Gasteiger partial charge in [-0.1, -0.05) is 18.2 Å². The van der Waals surface area contributed by atoms with E-state index < -0.39 is 11.8 Å². The van der Waals surface area contributed by atoms with Crippen LogP contribution in [0.25, 0.3) is 10.9 Å². The number of halogens is 1. The molecule has 0 radical (unpaired) electrons. The predicted octanol–water partition coefficient (Wildman–Crippen LogP) is 3.50. The molecule has 0 saturated heterocycles. The number of methoxy groups -OCH3 is 2. The Morgan fingerprint density at radius 3 is 2.42 bits per heavy atom. The molecule has 1 aromatic heterocycles. The largest absolute Gasteiger partial charge is 0.494 e. The monoisotopic (exact) mass is 355 g/mol. The Morgan fingerprint density at radius 2 is 1.81 bits per heavy atom. The summed E-state index contributed by atoms with van der Waals surface area (Å²) in [6.07, 6.45) is -0.0251. The quantitative estimate of drug-likeness (QED) is 0.672. The van der Waals surface area contributed by atoms with Crippen LogP contribution in [0, 0.1) is 12.7 Å². The minimum absolute atomic E-state index is 0.0251. The molecule has 3 aromatic rings. The van der Waals surface area contributed by atoms with Gasteiger partial charge in [0.2, 0.25) is 0 Å². The number of hydrogen-bond acceptors (Lipinski definition) is 4. The molecule has 0 aliphatic rings. The average molecular weight is 355 g/mol. The first kappa shape index (κ1) is 17.7. The number of nitrogens with zero attached hydrogens (tertiary/aromatic N) is 1. The zero-order valence-corrected chi connectivity index (χ0v) is 14.7. The van der Waals surface area contributed by atoms with Gasteiger partial charge in [0.25, 0.3) is 5.91 Å². The fourth-order valence-corrected chi connectivity index (χ4v) is 3.05. The maximum absolute atomic E-state index is 14.3. The molecular weight excluding hydrogens is 337 g/mol. The number of esters is 1. The molecule has 0 bridgehead atoms. The van der Waals surface area contributed by atoms with Gasteiger partial charge >= 0.3 is 5.97 Å². The lowest BCUT2D eigenvalue weighted by Gasteiger charge is -2.08. The van der Waals surface area contributed by atoms with Crippen molar-refractivity contribution >= 4 is 22.8 Å². The number of carbonyl (C=O) groups excluding carboxylic acids is 2. The third-order valence-electron chi connectivity index (χ3n) is 4.38. The highest BCUT2D eigenvalue weighted by Crippen LogP contribution is 2.32. The molecule has 0 atom stereocenters. The van der Waals surface area contributed by atoms with E-state index >= 15 is 0 Å². The van der Waals surface area contributed by atoms with E-state index in [4.69, 9.17) is 9.47 Å². The van der Waals surface area contributed by atoms with Gasteiger partial charge < -0.3 is 9.47 Å². The molecule has 0 N–H and O–H groups in total. The van der Waals surface area contributed by atoms with Crippen molar-refractivity contribution in [1.29, 1.82) is 0 Å². The van der Waals surface area contributed by atoms with Crippen LogP contribution in [-0.4, -0.2) is 30.7 Å². The second kappa shape index (κ2) is 7.00. The number of hydrogen-bond donors (Lipinski definition) is 0. The van der Waals surface area contributed by atoms with Crippen molar-refractivity contribution in [1.82, 2.24) is 4.57 Å². The maximum Gasteiger partial charge on any atom is 0.310 e. The summed E-state index contributed by atoms with van der Waals surface area (Å²) in [6, 6.07) is 11.5. The highest BCUT2D eigenvalue weighted by molar-refractivity contribution is 6.05. The number of aromatic nitrogens is 1. The van der Waals surface area contributed by atoms with Crippen LogP contribution < -0.4 is 4.74 Å². The second-order valence-corrected chi connectivity index (χ2v) is 5.83. The number of fused-ring (bicyclic) bond motifs is 1. The van der Waals surface area contributed by atoms with Crippen molar-refractivity contribution in [3.8, 4) is 5.75 Å². The summed E-state index contributed by atoms with van der Waals surface area (Å²) < 4.78 is 25.5. The molecule has 0 unspecified atom stereocenters. The third-order valence-corrected chi connectivity index (χ3v) is 4.38. The number of carbonyl (C=O) groups is 2. The lowest BCUT2D eigenvalue weighted by Crippen LogP contribution is -2.14. The highest BCUT2D eigenvalue weighted by atomic mass is 19.1. The normalized spacial score (nSPS) is 10.8. The molecule has 3 rings (SSSR count). The Kier molecular flexibility index (Phi) is 4.75. The minimum atomic E-state index is -0.579. The molecule has 2 aromatic carbocycles. The van der Waals surface area contributed by atoms with Crippen LogP contribution in [0.4, 0.5) is 4.39 Å². The average Bonchev–Trinajstić information content (AvgIpc) is 2.91. The molecule has 0 fully saturated rings. The molecule has 0 saturated carbocycles. The maximum atomic E-state index is 14.3. The SMILES string of the molecule is COC(=O)Cc1c(C)n(C(=O)c2ccccc2)c2cc(F)c(OC)cc12. The van der Waals surface area contributed by atoms with E-state index in [1.807, 2.05) is 6.07 Å². The van der Waals surface area contributed by atoms with Gasteiger partial charge in [-0.15, -0.1) is 0 Å². The Bertz CT molecular complexity index is 992. The van der Waals surface area contributed by atoms with Crippen LogP contribution in [-0.2, 0) is 16.0 Å². The lowest BCUT2D eigenvalue weighted by atomic mass is 10.1. The second-order valence-electron chi connectivity index (χ2n) is 5.83. The minimum Gasteiger partial charge on any atom is -0.494 e. The third kappa shape index (κ3) is 2.94. The van der Waals surface area contributed by atoms with Gasteiger partial charge in [-0.05, 0) is 30.7 Å². The van der Waals surface area contributed by atoms with E-state index in [2.05, 4.69) is 0 Å². The first-order valence-corrected chi connectivity index (χ1v) is 8.02. The Labute approximate surface area is 149 Å². The zero-order valence-electron chi connectivity index (χ0n) is 14.7. The molecule has 0 aliphatic heterocycles. The summed E-state index contributed by atoms with van der Waals surface area (Å²) in [5, 5.41) is 0.579. The molecule has 6 heteroatoms. The van der Waals surface area contributed by atoms with Crippen molar-refractivity contribution in [3.05, 3.63) is 65.1 Å². The molecule has 0 aliphatic carbocycles. The van der Waals surface area contributed by atoms with Crippen LogP contribution in [0.2, 0.25) is 0 Å². The van der Waals surface area contributed by atoms with Gasteiger partial charge in [-0.3, -0.25) is 14.2 Å². The Balaban J connectivity index is 2.28. The number of rotatable bonds is 4. The van der Waals surface area contributed by atoms with Crippen molar-refractivity contribution in [3.63, 3.8) is 0 Å². The van der Waals surface area contributed by atoms with Gasteiger partial charge in [-0.25, -0.2) is 4.39 Å². The predicted molar refractivity (Wildman–Crippen MR) is 95.1 cm³/mol. The summed E-state index contributed by atoms with van der Waals surface area (Å²) in [7, 11) is 2.66. The molecule has 0 amide bonds. The van der Waals surface area contributed by atoms with Crippen LogP contribution in [0.1, 0.15) is 21.6 Å². The van der Waals surface area contributed by atoms with Gasteiger partial charge in [0.1, 0.15) is 0 Å². The van der Waals surface area contributed by atoms with Crippen molar-refractivity contribution in [2.45, 2.75) is 13.3 Å². The fourth-order valence-electron chi connectivity index (χ4n) is 3.05. The van der Waals surface area contributed by atoms with Gasteiger partial charge in [0, 0.05) is 22.7 Å². The molecule has 1 heterocycles. The smallest absolute Gasteiger partial charge is 0.310 e. The van der Waals surface area contributed by atoms with Crippen molar-refractivity contribution in [2.75, 3.05) is 14.2 Å². The fraction of sp³-hybridized carbons (Fsp3) is 0.200. The highest BCUT2D eigenvalue weighted by Gasteiger charge is 2.23.